The summed E-state index contributed by atoms with van der Waals surface area (Å²) in [5, 5.41) is 15.8. The summed E-state index contributed by atoms with van der Waals surface area (Å²) in [7, 11) is 0. The topological polar surface area (TPSA) is 72.3 Å². The van der Waals surface area contributed by atoms with Gasteiger partial charge in [-0.3, -0.25) is 5.10 Å². The van der Waals surface area contributed by atoms with Crippen LogP contribution in [0.4, 0.5) is 0 Å². The lowest BCUT2D eigenvalue weighted by molar-refractivity contribution is 0.597. The number of nitrogens with zero attached hydrogens (tertiary/aromatic N) is 5. The third kappa shape index (κ3) is 3.06. The third-order valence-electron chi connectivity index (χ3n) is 4.12. The van der Waals surface area contributed by atoms with Crippen LogP contribution in [0.5, 0.6) is 0 Å². The van der Waals surface area contributed by atoms with Crippen LogP contribution in [0.1, 0.15) is 36.7 Å². The molecule has 6 nitrogen and oxygen atoms in total. The Bertz CT molecular complexity index is 801. The maximum Gasteiger partial charge on any atom is 0.181 e. The number of H-pyrrole nitrogens is 1. The quantitative estimate of drug-likeness (QED) is 0.752. The number of allylic oxidation sites excluding steroid dienone is 2. The summed E-state index contributed by atoms with van der Waals surface area (Å²) < 4.78 is 1.82. The Balaban J connectivity index is 1.47. The minimum Gasteiger partial charge on any atom is -0.261 e. The van der Waals surface area contributed by atoms with E-state index in [1.807, 2.05) is 41.2 Å². The molecule has 0 radical (unpaired) electrons. The molecule has 0 saturated heterocycles. The molecule has 4 rings (SSSR count). The average molecular weight is 306 g/mol. The van der Waals surface area contributed by atoms with Crippen LogP contribution in [-0.4, -0.2) is 30.2 Å². The molecular weight excluding hydrogens is 288 g/mol. The number of aromatic amines is 1. The van der Waals surface area contributed by atoms with Gasteiger partial charge in [0.1, 0.15) is 12.4 Å². The van der Waals surface area contributed by atoms with Crippen LogP contribution in [0.3, 0.4) is 0 Å². The van der Waals surface area contributed by atoms with E-state index in [1.165, 1.54) is 0 Å². The summed E-state index contributed by atoms with van der Waals surface area (Å²) >= 11 is 0. The molecule has 1 aliphatic carbocycles. The van der Waals surface area contributed by atoms with E-state index >= 15 is 0 Å². The molecule has 1 N–H and O–H groups in total. The fourth-order valence-corrected chi connectivity index (χ4v) is 2.88. The standard InChI is InChI=1S/C17H18N6/c1-3-7-13(8-4-1)15-11-23(22-19-15)12-16-18-17(21-20-16)14-9-5-2-6-10-14/h1-3,5-6,9-11,13H,4,7-8,12H2,(H,18,20,21)/t13-/m0/s1. The van der Waals surface area contributed by atoms with Crippen molar-refractivity contribution in [2.45, 2.75) is 31.7 Å². The maximum atomic E-state index is 4.53. The Morgan fingerprint density at radius 2 is 2.09 bits per heavy atom. The molecule has 6 heteroatoms. The SMILES string of the molecule is C1=CC[C@H](c2cn(Cc3nc(-c4ccccc4)n[nH]3)nn2)CC1. The molecule has 0 spiro atoms. The molecule has 0 fully saturated rings. The van der Waals surface area contributed by atoms with E-state index in [0.717, 1.165) is 36.3 Å². The Hall–Kier alpha value is -2.76. The minimum absolute atomic E-state index is 0.489. The summed E-state index contributed by atoms with van der Waals surface area (Å²) in [6, 6.07) is 9.93. The van der Waals surface area contributed by atoms with E-state index < -0.39 is 0 Å². The smallest absolute Gasteiger partial charge is 0.181 e. The van der Waals surface area contributed by atoms with Crippen LogP contribution < -0.4 is 0 Å². The van der Waals surface area contributed by atoms with E-state index in [-0.39, 0.29) is 0 Å². The van der Waals surface area contributed by atoms with Crippen molar-refractivity contribution in [1.29, 1.82) is 0 Å². The lowest BCUT2D eigenvalue weighted by Gasteiger charge is -2.13. The first-order valence-electron chi connectivity index (χ1n) is 7.90. The zero-order valence-corrected chi connectivity index (χ0v) is 12.8. The highest BCUT2D eigenvalue weighted by Gasteiger charge is 2.16. The van der Waals surface area contributed by atoms with E-state index in [1.54, 1.807) is 0 Å². The van der Waals surface area contributed by atoms with Crippen molar-refractivity contribution in [3.05, 3.63) is 60.2 Å². The summed E-state index contributed by atoms with van der Waals surface area (Å²) in [5.41, 5.74) is 2.07. The van der Waals surface area contributed by atoms with Crippen LogP contribution in [-0.2, 0) is 6.54 Å². The molecule has 23 heavy (non-hydrogen) atoms. The van der Waals surface area contributed by atoms with Gasteiger partial charge >= 0.3 is 0 Å². The number of hydrogen-bond acceptors (Lipinski definition) is 4. The Morgan fingerprint density at radius 1 is 1.17 bits per heavy atom. The molecule has 0 amide bonds. The number of benzene rings is 1. The predicted octanol–water partition coefficient (Wildman–Crippen LogP) is 2.94. The third-order valence-corrected chi connectivity index (χ3v) is 4.12. The average Bonchev–Trinajstić information content (AvgIpc) is 3.27. The summed E-state index contributed by atoms with van der Waals surface area (Å²) in [4.78, 5) is 4.53. The molecule has 0 bridgehead atoms. The van der Waals surface area contributed by atoms with E-state index in [0.29, 0.717) is 18.3 Å². The summed E-state index contributed by atoms with van der Waals surface area (Å²) in [6.45, 7) is 0.551. The van der Waals surface area contributed by atoms with E-state index in [4.69, 9.17) is 0 Å². The molecule has 0 aliphatic heterocycles. The van der Waals surface area contributed by atoms with Crippen LogP contribution in [0.2, 0.25) is 0 Å². The number of aromatic nitrogens is 6. The van der Waals surface area contributed by atoms with Crippen molar-refractivity contribution in [3.63, 3.8) is 0 Å². The predicted molar refractivity (Wildman–Crippen MR) is 86.7 cm³/mol. The molecule has 2 heterocycles. The van der Waals surface area contributed by atoms with Gasteiger partial charge in [0.15, 0.2) is 5.82 Å². The number of nitrogens with one attached hydrogen (secondary N) is 1. The highest BCUT2D eigenvalue weighted by molar-refractivity contribution is 5.53. The molecule has 0 unspecified atom stereocenters. The molecular formula is C17H18N6. The monoisotopic (exact) mass is 306 g/mol. The van der Waals surface area contributed by atoms with E-state index in [9.17, 15) is 0 Å². The van der Waals surface area contributed by atoms with Crippen molar-refractivity contribution in [2.75, 3.05) is 0 Å². The van der Waals surface area contributed by atoms with Crippen molar-refractivity contribution in [2.24, 2.45) is 0 Å². The second kappa shape index (κ2) is 6.16. The second-order valence-electron chi connectivity index (χ2n) is 5.79. The molecule has 1 aliphatic rings. The van der Waals surface area contributed by atoms with Crippen LogP contribution in [0, 0.1) is 0 Å². The van der Waals surface area contributed by atoms with Gasteiger partial charge in [-0.1, -0.05) is 47.7 Å². The first-order valence-corrected chi connectivity index (χ1v) is 7.90. The van der Waals surface area contributed by atoms with Crippen LogP contribution in [0.15, 0.2) is 48.7 Å². The fourth-order valence-electron chi connectivity index (χ4n) is 2.88. The highest BCUT2D eigenvalue weighted by Crippen LogP contribution is 2.27. The molecule has 2 aromatic heterocycles. The second-order valence-corrected chi connectivity index (χ2v) is 5.79. The van der Waals surface area contributed by atoms with Crippen molar-refractivity contribution in [1.82, 2.24) is 30.2 Å². The lowest BCUT2D eigenvalue weighted by Crippen LogP contribution is -2.03. The van der Waals surface area contributed by atoms with Gasteiger partial charge in [-0.05, 0) is 19.3 Å². The van der Waals surface area contributed by atoms with Gasteiger partial charge in [0.05, 0.1) is 5.69 Å². The Labute approximate surface area is 134 Å². The van der Waals surface area contributed by atoms with Gasteiger partial charge in [-0.2, -0.15) is 5.10 Å². The van der Waals surface area contributed by atoms with Gasteiger partial charge in [-0.25, -0.2) is 9.67 Å². The zero-order chi connectivity index (χ0) is 15.5. The van der Waals surface area contributed by atoms with Crippen molar-refractivity contribution >= 4 is 0 Å². The van der Waals surface area contributed by atoms with Gasteiger partial charge in [-0.15, -0.1) is 5.10 Å². The minimum atomic E-state index is 0.489. The zero-order valence-electron chi connectivity index (χ0n) is 12.8. The van der Waals surface area contributed by atoms with Gasteiger partial charge < -0.3 is 0 Å². The van der Waals surface area contributed by atoms with Gasteiger partial charge in [0.25, 0.3) is 0 Å². The normalized spacial score (nSPS) is 17.5. The Morgan fingerprint density at radius 3 is 2.91 bits per heavy atom. The number of rotatable bonds is 4. The van der Waals surface area contributed by atoms with Gasteiger partial charge in [0.2, 0.25) is 0 Å². The number of hydrogen-bond donors (Lipinski definition) is 1. The Kier molecular flexibility index (Phi) is 3.71. The first-order chi connectivity index (χ1) is 11.4. The maximum absolute atomic E-state index is 4.53. The van der Waals surface area contributed by atoms with Crippen LogP contribution >= 0.6 is 0 Å². The molecule has 1 atom stereocenters. The largest absolute Gasteiger partial charge is 0.261 e. The molecule has 116 valence electrons. The highest BCUT2D eigenvalue weighted by atomic mass is 15.4. The molecule has 3 aromatic rings. The van der Waals surface area contributed by atoms with Crippen LogP contribution in [0.25, 0.3) is 11.4 Å². The first kappa shape index (κ1) is 13.9. The lowest BCUT2D eigenvalue weighted by atomic mass is 9.92. The summed E-state index contributed by atoms with van der Waals surface area (Å²) in [5.74, 6) is 1.98. The fraction of sp³-hybridized carbons (Fsp3) is 0.294. The van der Waals surface area contributed by atoms with E-state index in [2.05, 4.69) is 37.6 Å². The van der Waals surface area contributed by atoms with Crippen molar-refractivity contribution < 1.29 is 0 Å². The van der Waals surface area contributed by atoms with Gasteiger partial charge in [0, 0.05) is 17.7 Å². The molecule has 0 saturated carbocycles. The van der Waals surface area contributed by atoms with Crippen molar-refractivity contribution in [3.8, 4) is 11.4 Å². The molecule has 1 aromatic carbocycles. The summed E-state index contributed by atoms with van der Waals surface area (Å²) in [6.07, 6.45) is 9.82.